The van der Waals surface area contributed by atoms with E-state index in [2.05, 4.69) is 0 Å². The van der Waals surface area contributed by atoms with Crippen molar-refractivity contribution in [2.45, 2.75) is 37.2 Å². The highest BCUT2D eigenvalue weighted by Gasteiger charge is 2.45. The number of amides is 1. The monoisotopic (exact) mass is 382 g/mol. The molecule has 144 valence electrons. The smallest absolute Gasteiger partial charge is 0.241 e. The highest BCUT2D eigenvalue weighted by Crippen LogP contribution is 2.28. The molecule has 26 heavy (non-hydrogen) atoms. The zero-order chi connectivity index (χ0) is 18.7. The minimum Gasteiger partial charge on any atom is -0.497 e. The first-order valence-electron chi connectivity index (χ1n) is 8.88. The molecule has 0 aliphatic carbocycles. The summed E-state index contributed by atoms with van der Waals surface area (Å²) >= 11 is 0. The Morgan fingerprint density at radius 2 is 1.96 bits per heavy atom. The van der Waals surface area contributed by atoms with Crippen LogP contribution in [0.25, 0.3) is 0 Å². The third kappa shape index (κ3) is 4.02. The molecule has 1 aromatic rings. The molecular weight excluding hydrogens is 356 g/mol. The van der Waals surface area contributed by atoms with Gasteiger partial charge in [0.05, 0.1) is 19.0 Å². The van der Waals surface area contributed by atoms with Crippen LogP contribution in [0.2, 0.25) is 0 Å². The molecule has 0 saturated carbocycles. The Labute approximate surface area is 154 Å². The first kappa shape index (κ1) is 19.1. The fraction of sp³-hybridized carbons (Fsp3) is 0.611. The Balaban J connectivity index is 1.81. The average Bonchev–Trinajstić information content (AvgIpc) is 3.31. The summed E-state index contributed by atoms with van der Waals surface area (Å²) in [5.41, 5.74) is 0.637. The van der Waals surface area contributed by atoms with Crippen LogP contribution in [-0.4, -0.2) is 69.5 Å². The first-order valence-corrected chi connectivity index (χ1v) is 10.5. The van der Waals surface area contributed by atoms with Crippen molar-refractivity contribution in [1.29, 1.82) is 0 Å². The number of rotatable bonds is 6. The molecule has 7 nitrogen and oxygen atoms in total. The van der Waals surface area contributed by atoms with Gasteiger partial charge in [0.2, 0.25) is 15.9 Å². The quantitative estimate of drug-likeness (QED) is 0.740. The van der Waals surface area contributed by atoms with Gasteiger partial charge >= 0.3 is 0 Å². The zero-order valence-electron chi connectivity index (χ0n) is 15.3. The van der Waals surface area contributed by atoms with E-state index < -0.39 is 16.1 Å². The minimum atomic E-state index is -3.65. The standard InChI is InChI=1S/C18H26N2O5S/c1-24-15-7-5-6-14(10-15)13-26(22,23)20-12-16(25-2)11-17(20)18(21)19-8-3-4-9-19/h5-7,10,16-17H,3-4,8-9,11-13H2,1-2H3/t16-,17-/m0/s1. The van der Waals surface area contributed by atoms with E-state index >= 15 is 0 Å². The lowest BCUT2D eigenvalue weighted by molar-refractivity contribution is -0.133. The Morgan fingerprint density at radius 1 is 1.23 bits per heavy atom. The van der Waals surface area contributed by atoms with Crippen LogP contribution in [0.1, 0.15) is 24.8 Å². The predicted molar refractivity (Wildman–Crippen MR) is 97.3 cm³/mol. The molecule has 1 amide bonds. The summed E-state index contributed by atoms with van der Waals surface area (Å²) in [6.45, 7) is 1.63. The van der Waals surface area contributed by atoms with Gasteiger partial charge in [0.25, 0.3) is 0 Å². The van der Waals surface area contributed by atoms with Gasteiger partial charge in [-0.15, -0.1) is 0 Å². The van der Waals surface area contributed by atoms with E-state index in [-0.39, 0.29) is 24.3 Å². The Kier molecular flexibility index (Phi) is 5.84. The van der Waals surface area contributed by atoms with Gasteiger partial charge in [-0.2, -0.15) is 4.31 Å². The number of sulfonamides is 1. The summed E-state index contributed by atoms with van der Waals surface area (Å²) in [6.07, 6.45) is 2.10. The maximum atomic E-state index is 13.1. The number of methoxy groups -OCH3 is 2. The van der Waals surface area contributed by atoms with Crippen LogP contribution >= 0.6 is 0 Å². The molecule has 3 rings (SSSR count). The van der Waals surface area contributed by atoms with E-state index in [1.807, 2.05) is 0 Å². The van der Waals surface area contributed by atoms with E-state index in [1.54, 1.807) is 43.4 Å². The van der Waals surface area contributed by atoms with E-state index in [1.165, 1.54) is 4.31 Å². The van der Waals surface area contributed by atoms with Crippen LogP contribution in [0.3, 0.4) is 0 Å². The van der Waals surface area contributed by atoms with Crippen LogP contribution in [0, 0.1) is 0 Å². The average molecular weight is 382 g/mol. The molecule has 2 atom stereocenters. The second kappa shape index (κ2) is 7.94. The van der Waals surface area contributed by atoms with Crippen LogP contribution in [0.15, 0.2) is 24.3 Å². The number of benzene rings is 1. The number of carbonyl (C=O) groups is 1. The zero-order valence-corrected chi connectivity index (χ0v) is 16.1. The van der Waals surface area contributed by atoms with Crippen molar-refractivity contribution in [1.82, 2.24) is 9.21 Å². The van der Waals surface area contributed by atoms with E-state index in [0.29, 0.717) is 30.8 Å². The third-order valence-corrected chi connectivity index (χ3v) is 6.91. The second-order valence-corrected chi connectivity index (χ2v) is 8.74. The molecule has 2 heterocycles. The van der Waals surface area contributed by atoms with Gasteiger partial charge in [-0.1, -0.05) is 12.1 Å². The molecule has 0 radical (unpaired) electrons. The van der Waals surface area contributed by atoms with Crippen molar-refractivity contribution in [2.24, 2.45) is 0 Å². The van der Waals surface area contributed by atoms with Crippen LogP contribution < -0.4 is 4.74 Å². The molecule has 8 heteroatoms. The highest BCUT2D eigenvalue weighted by atomic mass is 32.2. The number of hydrogen-bond acceptors (Lipinski definition) is 5. The summed E-state index contributed by atoms with van der Waals surface area (Å²) in [5, 5.41) is 0. The molecule has 0 aromatic heterocycles. The maximum Gasteiger partial charge on any atom is 0.241 e. The summed E-state index contributed by atoms with van der Waals surface area (Å²) in [5.74, 6) is 0.347. The molecule has 2 saturated heterocycles. The molecule has 0 bridgehead atoms. The summed E-state index contributed by atoms with van der Waals surface area (Å²) in [7, 11) is -0.555. The normalized spacial score (nSPS) is 24.2. The Morgan fingerprint density at radius 3 is 2.62 bits per heavy atom. The van der Waals surface area contributed by atoms with Gasteiger partial charge < -0.3 is 14.4 Å². The molecule has 0 unspecified atom stereocenters. The fourth-order valence-electron chi connectivity index (χ4n) is 3.68. The maximum absolute atomic E-state index is 13.1. The van der Waals surface area contributed by atoms with Crippen LogP contribution in [0.4, 0.5) is 0 Å². The number of nitrogens with zero attached hydrogens (tertiary/aromatic N) is 2. The van der Waals surface area contributed by atoms with E-state index in [4.69, 9.17) is 9.47 Å². The van der Waals surface area contributed by atoms with Crippen molar-refractivity contribution < 1.29 is 22.7 Å². The summed E-state index contributed by atoms with van der Waals surface area (Å²) < 4.78 is 38.0. The predicted octanol–water partition coefficient (Wildman–Crippen LogP) is 1.24. The molecule has 2 aliphatic heterocycles. The Bertz CT molecular complexity index is 746. The summed E-state index contributed by atoms with van der Waals surface area (Å²) in [4.78, 5) is 14.6. The minimum absolute atomic E-state index is 0.101. The van der Waals surface area contributed by atoms with Crippen molar-refractivity contribution >= 4 is 15.9 Å². The molecular formula is C18H26N2O5S. The molecule has 2 fully saturated rings. The van der Waals surface area contributed by atoms with Gasteiger partial charge in [-0.05, 0) is 30.5 Å². The summed E-state index contributed by atoms with van der Waals surface area (Å²) in [6, 6.07) is 6.32. The number of likely N-dealkylation sites (tertiary alicyclic amines) is 1. The topological polar surface area (TPSA) is 76.1 Å². The van der Waals surface area contributed by atoms with Crippen molar-refractivity contribution in [2.75, 3.05) is 33.9 Å². The van der Waals surface area contributed by atoms with Crippen molar-refractivity contribution in [3.63, 3.8) is 0 Å². The molecule has 2 aliphatic rings. The lowest BCUT2D eigenvalue weighted by Crippen LogP contribution is -2.47. The first-order chi connectivity index (χ1) is 12.4. The van der Waals surface area contributed by atoms with Gasteiger partial charge in [-0.25, -0.2) is 8.42 Å². The SMILES string of the molecule is COc1cccc(CS(=O)(=O)N2C[C@@H](OC)C[C@H]2C(=O)N2CCCC2)c1. The largest absolute Gasteiger partial charge is 0.497 e. The third-order valence-electron chi connectivity index (χ3n) is 5.09. The fourth-order valence-corrected chi connectivity index (χ4v) is 5.40. The van der Waals surface area contributed by atoms with Gasteiger partial charge in [0, 0.05) is 33.2 Å². The van der Waals surface area contributed by atoms with Gasteiger partial charge in [0.15, 0.2) is 0 Å². The lowest BCUT2D eigenvalue weighted by atomic mass is 10.2. The van der Waals surface area contributed by atoms with Crippen LogP contribution in [-0.2, 0) is 25.3 Å². The van der Waals surface area contributed by atoms with Gasteiger partial charge in [-0.3, -0.25) is 4.79 Å². The van der Waals surface area contributed by atoms with Gasteiger partial charge in [0.1, 0.15) is 11.8 Å². The number of hydrogen-bond donors (Lipinski definition) is 0. The van der Waals surface area contributed by atoms with E-state index in [0.717, 1.165) is 12.8 Å². The van der Waals surface area contributed by atoms with Crippen LogP contribution in [0.5, 0.6) is 5.75 Å². The second-order valence-electron chi connectivity index (χ2n) is 6.82. The van der Waals surface area contributed by atoms with E-state index in [9.17, 15) is 13.2 Å². The highest BCUT2D eigenvalue weighted by molar-refractivity contribution is 7.88. The van der Waals surface area contributed by atoms with Crippen molar-refractivity contribution in [3.8, 4) is 5.75 Å². The molecule has 0 spiro atoms. The number of ether oxygens (including phenoxy) is 2. The molecule has 0 N–H and O–H groups in total. The number of carbonyl (C=O) groups excluding carboxylic acids is 1. The molecule has 1 aromatic carbocycles. The lowest BCUT2D eigenvalue weighted by Gasteiger charge is -2.27. The Hall–Kier alpha value is -1.64. The van der Waals surface area contributed by atoms with Crippen molar-refractivity contribution in [3.05, 3.63) is 29.8 Å².